The van der Waals surface area contributed by atoms with Gasteiger partial charge in [0.1, 0.15) is 0 Å². The van der Waals surface area contributed by atoms with E-state index in [1.165, 1.54) is 16.7 Å². The van der Waals surface area contributed by atoms with Crippen LogP contribution >= 0.6 is 0 Å². The summed E-state index contributed by atoms with van der Waals surface area (Å²) in [7, 11) is 3.81. The third-order valence-electron chi connectivity index (χ3n) is 3.81. The van der Waals surface area contributed by atoms with E-state index in [-0.39, 0.29) is 6.04 Å². The third-order valence-corrected chi connectivity index (χ3v) is 3.81. The second-order valence-electron chi connectivity index (χ2n) is 5.21. The van der Waals surface area contributed by atoms with Gasteiger partial charge in [-0.2, -0.15) is 0 Å². The number of ether oxygens (including phenoxy) is 1. The lowest BCUT2D eigenvalue weighted by Crippen LogP contribution is -2.32. The molecule has 0 radical (unpaired) electrons. The van der Waals surface area contributed by atoms with Crippen LogP contribution in [0.1, 0.15) is 11.6 Å². The highest BCUT2D eigenvalue weighted by atomic mass is 16.5. The molecule has 2 rings (SSSR count). The Bertz CT molecular complexity index is 525. The molecule has 0 aliphatic rings. The first-order chi connectivity index (χ1) is 10.3. The van der Waals surface area contributed by atoms with E-state index >= 15 is 0 Å². The van der Waals surface area contributed by atoms with Gasteiger partial charge in [-0.25, -0.2) is 0 Å². The first kappa shape index (κ1) is 15.7. The van der Waals surface area contributed by atoms with Gasteiger partial charge in [-0.05, 0) is 23.7 Å². The van der Waals surface area contributed by atoms with Crippen LogP contribution in [0, 0.1) is 0 Å². The van der Waals surface area contributed by atoms with Crippen LogP contribution in [-0.2, 0) is 4.74 Å². The van der Waals surface area contributed by atoms with Gasteiger partial charge in [-0.1, -0.05) is 54.6 Å². The zero-order chi connectivity index (χ0) is 15.1. The van der Waals surface area contributed by atoms with Crippen molar-refractivity contribution >= 4 is 0 Å². The van der Waals surface area contributed by atoms with Gasteiger partial charge in [0.05, 0.1) is 6.61 Å². The monoisotopic (exact) mass is 284 g/mol. The molecule has 3 nitrogen and oxygen atoms in total. The molecule has 112 valence electrons. The van der Waals surface area contributed by atoms with Crippen molar-refractivity contribution in [2.45, 2.75) is 6.04 Å². The Morgan fingerprint density at radius 2 is 1.62 bits per heavy atom. The molecule has 0 amide bonds. The maximum absolute atomic E-state index is 5.94. The topological polar surface area (TPSA) is 38.5 Å². The zero-order valence-electron chi connectivity index (χ0n) is 12.8. The van der Waals surface area contributed by atoms with Gasteiger partial charge in [-0.3, -0.25) is 4.90 Å². The minimum atomic E-state index is 0.227. The molecular formula is C18H24N2O. The van der Waals surface area contributed by atoms with Crippen molar-refractivity contribution in [2.24, 2.45) is 5.73 Å². The van der Waals surface area contributed by atoms with E-state index in [9.17, 15) is 0 Å². The normalized spacial score (nSPS) is 12.6. The van der Waals surface area contributed by atoms with Crippen molar-refractivity contribution < 1.29 is 4.74 Å². The van der Waals surface area contributed by atoms with Crippen molar-refractivity contribution in [3.05, 3.63) is 60.2 Å². The molecule has 0 heterocycles. The van der Waals surface area contributed by atoms with Crippen molar-refractivity contribution in [3.63, 3.8) is 0 Å². The molecule has 0 aliphatic heterocycles. The molecule has 1 atom stereocenters. The minimum absolute atomic E-state index is 0.227. The molecule has 1 unspecified atom stereocenters. The maximum Gasteiger partial charge on any atom is 0.0589 e. The van der Waals surface area contributed by atoms with Crippen LogP contribution in [0.4, 0.5) is 0 Å². The lowest BCUT2D eigenvalue weighted by atomic mass is 10.00. The first-order valence-corrected chi connectivity index (χ1v) is 7.31. The largest absolute Gasteiger partial charge is 0.383 e. The molecule has 0 aromatic heterocycles. The fourth-order valence-corrected chi connectivity index (χ4v) is 2.49. The molecule has 21 heavy (non-hydrogen) atoms. The Hall–Kier alpha value is -1.68. The highest BCUT2D eigenvalue weighted by molar-refractivity contribution is 5.63. The van der Waals surface area contributed by atoms with E-state index < -0.39 is 0 Å². The van der Waals surface area contributed by atoms with Gasteiger partial charge in [0.2, 0.25) is 0 Å². The highest BCUT2D eigenvalue weighted by Crippen LogP contribution is 2.23. The smallest absolute Gasteiger partial charge is 0.0589 e. The quantitative estimate of drug-likeness (QED) is 0.849. The van der Waals surface area contributed by atoms with Gasteiger partial charge in [0.25, 0.3) is 0 Å². The van der Waals surface area contributed by atoms with Gasteiger partial charge in [-0.15, -0.1) is 0 Å². The Morgan fingerprint density at radius 3 is 2.19 bits per heavy atom. The summed E-state index contributed by atoms with van der Waals surface area (Å²) in [5, 5.41) is 0. The molecule has 0 saturated carbocycles. The summed E-state index contributed by atoms with van der Waals surface area (Å²) >= 11 is 0. The van der Waals surface area contributed by atoms with Crippen molar-refractivity contribution in [1.29, 1.82) is 0 Å². The molecule has 0 aliphatic carbocycles. The van der Waals surface area contributed by atoms with Crippen LogP contribution in [0.3, 0.4) is 0 Å². The summed E-state index contributed by atoms with van der Waals surface area (Å²) in [5.74, 6) is 0. The summed E-state index contributed by atoms with van der Waals surface area (Å²) in [4.78, 5) is 2.24. The predicted octanol–water partition coefficient (Wildman–Crippen LogP) is 2.93. The molecule has 2 N–H and O–H groups in total. The number of hydrogen-bond acceptors (Lipinski definition) is 3. The molecule has 0 bridgehead atoms. The van der Waals surface area contributed by atoms with Crippen LogP contribution < -0.4 is 5.73 Å². The Balaban J connectivity index is 2.13. The molecule has 3 heteroatoms. The van der Waals surface area contributed by atoms with Crippen LogP contribution in [0.25, 0.3) is 11.1 Å². The Kier molecular flexibility index (Phi) is 5.93. The lowest BCUT2D eigenvalue weighted by Gasteiger charge is -2.27. The van der Waals surface area contributed by atoms with E-state index in [0.29, 0.717) is 6.54 Å². The minimum Gasteiger partial charge on any atom is -0.383 e. The number of benzene rings is 2. The lowest BCUT2D eigenvalue weighted by molar-refractivity contribution is 0.140. The number of nitrogens with two attached hydrogens (primary N) is 1. The number of rotatable bonds is 7. The number of hydrogen-bond donors (Lipinski definition) is 1. The van der Waals surface area contributed by atoms with Crippen molar-refractivity contribution in [1.82, 2.24) is 4.90 Å². The summed E-state index contributed by atoms with van der Waals surface area (Å²) in [6.07, 6.45) is 0. The molecule has 2 aromatic rings. The van der Waals surface area contributed by atoms with Crippen LogP contribution in [0.2, 0.25) is 0 Å². The fraction of sp³-hybridized carbons (Fsp3) is 0.333. The van der Waals surface area contributed by atoms with Gasteiger partial charge >= 0.3 is 0 Å². The molecule has 2 aromatic carbocycles. The standard InChI is InChI=1S/C18H24N2O/c1-20(12-13-21-2)18(14-19)17-10-8-16(9-11-17)15-6-4-3-5-7-15/h3-11,18H,12-14,19H2,1-2H3. The summed E-state index contributed by atoms with van der Waals surface area (Å²) in [6.45, 7) is 2.19. The van der Waals surface area contributed by atoms with E-state index in [1.807, 2.05) is 6.07 Å². The van der Waals surface area contributed by atoms with Crippen molar-refractivity contribution in [2.75, 3.05) is 33.9 Å². The Morgan fingerprint density at radius 1 is 1.00 bits per heavy atom. The number of nitrogens with zero attached hydrogens (tertiary/aromatic N) is 1. The van der Waals surface area contributed by atoms with Crippen LogP contribution in [0.5, 0.6) is 0 Å². The second kappa shape index (κ2) is 7.93. The summed E-state index contributed by atoms with van der Waals surface area (Å²) < 4.78 is 5.14. The third kappa shape index (κ3) is 4.14. The van der Waals surface area contributed by atoms with Crippen LogP contribution in [-0.4, -0.2) is 38.8 Å². The SMILES string of the molecule is COCCN(C)C(CN)c1ccc(-c2ccccc2)cc1. The molecular weight excluding hydrogens is 260 g/mol. The molecule has 0 fully saturated rings. The van der Waals surface area contributed by atoms with Crippen LogP contribution in [0.15, 0.2) is 54.6 Å². The van der Waals surface area contributed by atoms with E-state index in [2.05, 4.69) is 60.5 Å². The van der Waals surface area contributed by atoms with E-state index in [1.54, 1.807) is 7.11 Å². The fourth-order valence-electron chi connectivity index (χ4n) is 2.49. The number of methoxy groups -OCH3 is 1. The predicted molar refractivity (Wildman–Crippen MR) is 88.2 cm³/mol. The maximum atomic E-state index is 5.94. The highest BCUT2D eigenvalue weighted by Gasteiger charge is 2.15. The van der Waals surface area contributed by atoms with E-state index in [0.717, 1.165) is 13.2 Å². The number of likely N-dealkylation sites (N-methyl/N-ethyl adjacent to an activating group) is 1. The Labute approximate surface area is 127 Å². The van der Waals surface area contributed by atoms with Gasteiger partial charge < -0.3 is 10.5 Å². The zero-order valence-corrected chi connectivity index (χ0v) is 12.8. The van der Waals surface area contributed by atoms with E-state index in [4.69, 9.17) is 10.5 Å². The average Bonchev–Trinajstić information content (AvgIpc) is 2.55. The second-order valence-corrected chi connectivity index (χ2v) is 5.21. The van der Waals surface area contributed by atoms with Gasteiger partial charge in [0, 0.05) is 26.2 Å². The average molecular weight is 284 g/mol. The molecule has 0 saturated heterocycles. The van der Waals surface area contributed by atoms with Crippen molar-refractivity contribution in [3.8, 4) is 11.1 Å². The molecule has 0 spiro atoms. The van der Waals surface area contributed by atoms with Gasteiger partial charge in [0.15, 0.2) is 0 Å². The first-order valence-electron chi connectivity index (χ1n) is 7.31. The summed E-state index contributed by atoms with van der Waals surface area (Å²) in [6, 6.07) is 19.3. The summed E-state index contributed by atoms with van der Waals surface area (Å²) in [5.41, 5.74) is 9.66.